The quantitative estimate of drug-likeness (QED) is 0.448. The van der Waals surface area contributed by atoms with Crippen molar-refractivity contribution in [2.24, 2.45) is 0 Å². The number of imide groups is 1. The van der Waals surface area contributed by atoms with E-state index in [1.165, 1.54) is 4.90 Å². The maximum atomic E-state index is 12.0. The first-order valence-electron chi connectivity index (χ1n) is 6.35. The number of benzene rings is 1. The van der Waals surface area contributed by atoms with Crippen LogP contribution in [0.15, 0.2) is 36.6 Å². The Kier molecular flexibility index (Phi) is 4.00. The van der Waals surface area contributed by atoms with Crippen LogP contribution in [0.5, 0.6) is 0 Å². The Balaban J connectivity index is 1.88. The zero-order chi connectivity index (χ0) is 13.8. The van der Waals surface area contributed by atoms with Crippen LogP contribution < -0.4 is 0 Å². The zero-order valence-corrected chi connectivity index (χ0v) is 11.0. The lowest BCUT2D eigenvalue weighted by molar-refractivity contribution is 0.0647. The lowest BCUT2D eigenvalue weighted by Crippen LogP contribution is -2.30. The Morgan fingerprint density at radius 1 is 1.16 bits per heavy atom. The molecule has 0 unspecified atom stereocenters. The number of carbonyl (C=O) groups excluding carboxylic acids is 2. The van der Waals surface area contributed by atoms with Gasteiger partial charge in [0.15, 0.2) is 0 Å². The SMILES string of the molecule is C=C(C)OCCCCN1C(=O)c2ccccc2C1=O. The van der Waals surface area contributed by atoms with Gasteiger partial charge in [-0.1, -0.05) is 18.7 Å². The molecule has 0 saturated carbocycles. The minimum atomic E-state index is -0.193. The fraction of sp³-hybridized carbons (Fsp3) is 0.333. The van der Waals surface area contributed by atoms with E-state index < -0.39 is 0 Å². The standard InChI is InChI=1S/C15H17NO3/c1-11(2)19-10-6-5-9-16-14(17)12-7-3-4-8-13(12)15(16)18/h3-4,7-8H,1,5-6,9-10H2,2H3. The average molecular weight is 259 g/mol. The molecule has 1 heterocycles. The van der Waals surface area contributed by atoms with Gasteiger partial charge in [0.2, 0.25) is 0 Å². The Morgan fingerprint density at radius 2 is 1.74 bits per heavy atom. The summed E-state index contributed by atoms with van der Waals surface area (Å²) in [4.78, 5) is 25.4. The van der Waals surface area contributed by atoms with Gasteiger partial charge in [-0.2, -0.15) is 0 Å². The van der Waals surface area contributed by atoms with Crippen molar-refractivity contribution in [1.29, 1.82) is 0 Å². The lowest BCUT2D eigenvalue weighted by atomic mass is 10.1. The van der Waals surface area contributed by atoms with E-state index in [0.717, 1.165) is 12.8 Å². The number of amides is 2. The summed E-state index contributed by atoms with van der Waals surface area (Å²) in [6.07, 6.45) is 1.53. The number of rotatable bonds is 6. The average Bonchev–Trinajstić information content (AvgIpc) is 2.63. The second kappa shape index (κ2) is 5.69. The normalized spacial score (nSPS) is 13.6. The van der Waals surface area contributed by atoms with Crippen molar-refractivity contribution < 1.29 is 14.3 Å². The largest absolute Gasteiger partial charge is 0.499 e. The molecule has 0 aromatic heterocycles. The molecule has 4 heteroatoms. The van der Waals surface area contributed by atoms with Gasteiger partial charge in [0.05, 0.1) is 23.5 Å². The van der Waals surface area contributed by atoms with Gasteiger partial charge in [-0.3, -0.25) is 14.5 Å². The van der Waals surface area contributed by atoms with Gasteiger partial charge in [0.1, 0.15) is 0 Å². The number of fused-ring (bicyclic) bond motifs is 1. The molecule has 4 nitrogen and oxygen atoms in total. The monoisotopic (exact) mass is 259 g/mol. The molecule has 0 fully saturated rings. The van der Waals surface area contributed by atoms with Gasteiger partial charge in [-0.15, -0.1) is 0 Å². The third-order valence-electron chi connectivity index (χ3n) is 3.00. The molecule has 1 aromatic rings. The molecule has 1 aromatic carbocycles. The number of hydrogen-bond acceptors (Lipinski definition) is 3. The van der Waals surface area contributed by atoms with E-state index in [4.69, 9.17) is 4.74 Å². The summed E-state index contributed by atoms with van der Waals surface area (Å²) in [7, 11) is 0. The molecule has 0 saturated heterocycles. The second-order valence-electron chi connectivity index (χ2n) is 4.57. The van der Waals surface area contributed by atoms with Crippen LogP contribution in [-0.2, 0) is 4.74 Å². The fourth-order valence-electron chi connectivity index (χ4n) is 2.06. The first kappa shape index (κ1) is 13.3. The van der Waals surface area contributed by atoms with E-state index >= 15 is 0 Å². The van der Waals surface area contributed by atoms with Crippen molar-refractivity contribution >= 4 is 11.8 Å². The predicted octanol–water partition coefficient (Wildman–Crippen LogP) is 2.61. The summed E-state index contributed by atoms with van der Waals surface area (Å²) >= 11 is 0. The molecule has 0 bridgehead atoms. The van der Waals surface area contributed by atoms with Gasteiger partial charge >= 0.3 is 0 Å². The highest BCUT2D eigenvalue weighted by molar-refractivity contribution is 6.21. The molecule has 0 N–H and O–H groups in total. The number of carbonyl (C=O) groups is 2. The molecule has 2 amide bonds. The van der Waals surface area contributed by atoms with Crippen LogP contribution in [0.3, 0.4) is 0 Å². The highest BCUT2D eigenvalue weighted by atomic mass is 16.5. The third-order valence-corrected chi connectivity index (χ3v) is 3.00. The van der Waals surface area contributed by atoms with Crippen LogP contribution in [0, 0.1) is 0 Å². The molecule has 1 aliphatic heterocycles. The second-order valence-corrected chi connectivity index (χ2v) is 4.57. The van der Waals surface area contributed by atoms with E-state index in [1.54, 1.807) is 31.2 Å². The maximum absolute atomic E-state index is 12.0. The van der Waals surface area contributed by atoms with Gasteiger partial charge in [0.25, 0.3) is 11.8 Å². The van der Waals surface area contributed by atoms with Crippen molar-refractivity contribution in [2.75, 3.05) is 13.2 Å². The van der Waals surface area contributed by atoms with Crippen LogP contribution in [-0.4, -0.2) is 29.9 Å². The molecule has 1 aliphatic rings. The molecule has 0 spiro atoms. The van der Waals surface area contributed by atoms with Crippen LogP contribution >= 0.6 is 0 Å². The van der Waals surface area contributed by atoms with Crippen molar-refractivity contribution in [1.82, 2.24) is 4.90 Å². The molecule has 0 radical (unpaired) electrons. The van der Waals surface area contributed by atoms with Crippen molar-refractivity contribution in [3.63, 3.8) is 0 Å². The topological polar surface area (TPSA) is 46.6 Å². The third kappa shape index (κ3) is 2.84. The van der Waals surface area contributed by atoms with Gasteiger partial charge < -0.3 is 4.74 Å². The Hall–Kier alpha value is -2.10. The summed E-state index contributed by atoms with van der Waals surface area (Å²) in [5, 5.41) is 0. The van der Waals surface area contributed by atoms with E-state index in [0.29, 0.717) is 30.0 Å². The lowest BCUT2D eigenvalue weighted by Gasteiger charge is -2.13. The Labute approximate surface area is 112 Å². The van der Waals surface area contributed by atoms with Crippen LogP contribution in [0.4, 0.5) is 0 Å². The molecule has 19 heavy (non-hydrogen) atoms. The van der Waals surface area contributed by atoms with E-state index in [2.05, 4.69) is 6.58 Å². The molecule has 2 rings (SSSR count). The van der Waals surface area contributed by atoms with Crippen LogP contribution in [0.2, 0.25) is 0 Å². The van der Waals surface area contributed by atoms with E-state index in [-0.39, 0.29) is 11.8 Å². The summed E-state index contributed by atoms with van der Waals surface area (Å²) in [5.74, 6) is 0.295. The van der Waals surface area contributed by atoms with Crippen molar-refractivity contribution in [3.8, 4) is 0 Å². The maximum Gasteiger partial charge on any atom is 0.261 e. The van der Waals surface area contributed by atoms with Gasteiger partial charge in [0, 0.05) is 6.54 Å². The fourth-order valence-corrected chi connectivity index (χ4v) is 2.06. The first-order chi connectivity index (χ1) is 9.11. The number of ether oxygens (including phenoxy) is 1. The number of allylic oxidation sites excluding steroid dienone is 1. The minimum Gasteiger partial charge on any atom is -0.499 e. The Morgan fingerprint density at radius 3 is 2.26 bits per heavy atom. The molecular weight excluding hydrogens is 242 g/mol. The van der Waals surface area contributed by atoms with E-state index in [9.17, 15) is 9.59 Å². The van der Waals surface area contributed by atoms with Gasteiger partial charge in [-0.05, 0) is 31.9 Å². The van der Waals surface area contributed by atoms with Crippen molar-refractivity contribution in [3.05, 3.63) is 47.7 Å². The summed E-state index contributed by atoms with van der Waals surface area (Å²) < 4.78 is 5.24. The number of hydrogen-bond donors (Lipinski definition) is 0. The molecule has 0 aliphatic carbocycles. The highest BCUT2D eigenvalue weighted by Gasteiger charge is 2.34. The molecular formula is C15H17NO3. The van der Waals surface area contributed by atoms with E-state index in [1.807, 2.05) is 0 Å². The number of unbranched alkanes of at least 4 members (excludes halogenated alkanes) is 1. The summed E-state index contributed by atoms with van der Waals surface area (Å²) in [5.41, 5.74) is 1.01. The predicted molar refractivity (Wildman–Crippen MR) is 71.8 cm³/mol. The molecule has 0 atom stereocenters. The number of nitrogens with zero attached hydrogens (tertiary/aromatic N) is 1. The van der Waals surface area contributed by atoms with Gasteiger partial charge in [-0.25, -0.2) is 0 Å². The first-order valence-corrected chi connectivity index (χ1v) is 6.35. The highest BCUT2D eigenvalue weighted by Crippen LogP contribution is 2.22. The van der Waals surface area contributed by atoms with Crippen LogP contribution in [0.1, 0.15) is 40.5 Å². The minimum absolute atomic E-state index is 0.193. The summed E-state index contributed by atoms with van der Waals surface area (Å²) in [6.45, 7) is 6.44. The van der Waals surface area contributed by atoms with Crippen molar-refractivity contribution in [2.45, 2.75) is 19.8 Å². The zero-order valence-electron chi connectivity index (χ0n) is 11.0. The summed E-state index contributed by atoms with van der Waals surface area (Å²) in [6, 6.07) is 6.93. The smallest absolute Gasteiger partial charge is 0.261 e. The van der Waals surface area contributed by atoms with Crippen LogP contribution in [0.25, 0.3) is 0 Å². The Bertz CT molecular complexity index is 487. The molecule has 100 valence electrons.